The van der Waals surface area contributed by atoms with Crippen molar-refractivity contribution in [1.82, 2.24) is 0 Å². The van der Waals surface area contributed by atoms with Crippen molar-refractivity contribution in [1.29, 1.82) is 0 Å². The number of hydrogen-bond acceptors (Lipinski definition) is 2. The largest absolute Gasteiger partial charge is 0.375 e. The Morgan fingerprint density at radius 1 is 0.600 bits per heavy atom. The van der Waals surface area contributed by atoms with Crippen molar-refractivity contribution in [2.24, 2.45) is 0 Å². The maximum atomic E-state index is 3.70. The summed E-state index contributed by atoms with van der Waals surface area (Å²) in [5.74, 6) is 0.863. The van der Waals surface area contributed by atoms with Gasteiger partial charge in [-0.3, -0.25) is 0 Å². The lowest BCUT2D eigenvalue weighted by molar-refractivity contribution is 1.42. The first-order valence-electron chi connectivity index (χ1n) is 10.3. The molecule has 150 valence electrons. The molecule has 0 aliphatic heterocycles. The third kappa shape index (κ3) is 4.44. The maximum absolute atomic E-state index is 3.70. The molecule has 1 nitrogen and oxygen atoms in total. The van der Waals surface area contributed by atoms with Crippen LogP contribution in [0, 0.1) is 13.8 Å². The highest BCUT2D eigenvalue weighted by molar-refractivity contribution is 7.98. The number of rotatable bonds is 6. The molecule has 4 aromatic carbocycles. The van der Waals surface area contributed by atoms with Gasteiger partial charge in [-0.15, -0.1) is 11.8 Å². The van der Waals surface area contributed by atoms with Crippen molar-refractivity contribution >= 4 is 17.4 Å². The Morgan fingerprint density at radius 2 is 1.10 bits per heavy atom. The van der Waals surface area contributed by atoms with Crippen molar-refractivity contribution in [3.8, 4) is 33.4 Å². The fraction of sp³-hybridized carbons (Fsp3) is 0.143. The van der Waals surface area contributed by atoms with Crippen molar-refractivity contribution in [2.75, 3.05) is 17.4 Å². The van der Waals surface area contributed by atoms with Crippen LogP contribution in [0.15, 0.2) is 91.0 Å². The summed E-state index contributed by atoms with van der Waals surface area (Å²) >= 11 is 1.80. The lowest BCUT2D eigenvalue weighted by Gasteiger charge is -2.20. The van der Waals surface area contributed by atoms with Crippen LogP contribution in [0.5, 0.6) is 0 Å². The maximum Gasteiger partial charge on any atom is 0.0608 e. The van der Waals surface area contributed by atoms with Gasteiger partial charge >= 0.3 is 0 Å². The smallest absolute Gasteiger partial charge is 0.0608 e. The molecule has 2 heteroatoms. The van der Waals surface area contributed by atoms with Crippen LogP contribution in [0.3, 0.4) is 0 Å². The van der Waals surface area contributed by atoms with Gasteiger partial charge < -0.3 is 5.32 Å². The van der Waals surface area contributed by atoms with Gasteiger partial charge in [0.25, 0.3) is 0 Å². The molecule has 1 N–H and O–H groups in total. The summed E-state index contributed by atoms with van der Waals surface area (Å²) in [4.78, 5) is 0. The summed E-state index contributed by atoms with van der Waals surface area (Å²) in [5.41, 5.74) is 11.1. The molecule has 0 bridgehead atoms. The number of anilines is 1. The van der Waals surface area contributed by atoms with Gasteiger partial charge in [-0.05, 0) is 54.5 Å². The molecule has 4 rings (SSSR count). The quantitative estimate of drug-likeness (QED) is 0.323. The first-order chi connectivity index (χ1) is 14.7. The molecule has 0 amide bonds. The van der Waals surface area contributed by atoms with E-state index >= 15 is 0 Å². The predicted molar refractivity (Wildman–Crippen MR) is 134 cm³/mol. The topological polar surface area (TPSA) is 12.0 Å². The Labute approximate surface area is 184 Å². The first-order valence-corrected chi connectivity index (χ1v) is 11.7. The molecule has 0 radical (unpaired) electrons. The van der Waals surface area contributed by atoms with E-state index in [2.05, 4.69) is 116 Å². The van der Waals surface area contributed by atoms with Gasteiger partial charge in [0.1, 0.15) is 0 Å². The molecule has 0 aliphatic rings. The first kappa shape index (κ1) is 20.3. The predicted octanol–water partition coefficient (Wildman–Crippen LogP) is 8.04. The molecule has 0 aromatic heterocycles. The van der Waals surface area contributed by atoms with E-state index in [-0.39, 0.29) is 0 Å². The zero-order chi connectivity index (χ0) is 20.9. The van der Waals surface area contributed by atoms with Crippen LogP contribution >= 0.6 is 11.8 Å². The Kier molecular flexibility index (Phi) is 6.25. The second kappa shape index (κ2) is 9.23. The Hall–Kier alpha value is -2.97. The zero-order valence-electron chi connectivity index (χ0n) is 17.8. The second-order valence-electron chi connectivity index (χ2n) is 7.65. The van der Waals surface area contributed by atoms with E-state index in [9.17, 15) is 0 Å². The van der Waals surface area contributed by atoms with E-state index < -0.39 is 0 Å². The van der Waals surface area contributed by atoms with E-state index in [1.54, 1.807) is 11.8 Å². The van der Waals surface area contributed by atoms with Gasteiger partial charge in [-0.1, -0.05) is 90.0 Å². The highest BCUT2D eigenvalue weighted by Gasteiger charge is 2.15. The molecular formula is C28H27NS. The SMILES string of the molecule is CSCNc1c(-c2ccc(C)cc2)cc(-c2ccccc2)cc1-c1ccc(C)cc1. The van der Waals surface area contributed by atoms with Crippen molar-refractivity contribution in [3.05, 3.63) is 102 Å². The minimum Gasteiger partial charge on any atom is -0.375 e. The summed E-state index contributed by atoms with van der Waals surface area (Å²) in [7, 11) is 0. The van der Waals surface area contributed by atoms with E-state index in [4.69, 9.17) is 0 Å². The van der Waals surface area contributed by atoms with Gasteiger partial charge in [0.05, 0.1) is 11.6 Å². The van der Waals surface area contributed by atoms with Crippen molar-refractivity contribution in [2.45, 2.75) is 13.8 Å². The van der Waals surface area contributed by atoms with Crippen LogP contribution in [-0.4, -0.2) is 12.1 Å². The van der Waals surface area contributed by atoms with E-state index in [1.807, 2.05) is 0 Å². The molecule has 0 saturated carbocycles. The molecule has 30 heavy (non-hydrogen) atoms. The fourth-order valence-corrected chi connectivity index (χ4v) is 3.98. The summed E-state index contributed by atoms with van der Waals surface area (Å²) < 4.78 is 0. The van der Waals surface area contributed by atoms with Gasteiger partial charge in [-0.25, -0.2) is 0 Å². The summed E-state index contributed by atoms with van der Waals surface area (Å²) in [6, 6.07) is 32.9. The average molecular weight is 410 g/mol. The minimum absolute atomic E-state index is 0.863. The molecule has 4 aromatic rings. The van der Waals surface area contributed by atoms with Crippen LogP contribution in [0.4, 0.5) is 5.69 Å². The lowest BCUT2D eigenvalue weighted by Crippen LogP contribution is -2.02. The lowest BCUT2D eigenvalue weighted by atomic mass is 9.90. The van der Waals surface area contributed by atoms with Crippen LogP contribution in [0.1, 0.15) is 11.1 Å². The van der Waals surface area contributed by atoms with Crippen molar-refractivity contribution in [3.63, 3.8) is 0 Å². The second-order valence-corrected chi connectivity index (χ2v) is 8.52. The summed E-state index contributed by atoms with van der Waals surface area (Å²) in [6.07, 6.45) is 2.13. The number of nitrogens with one attached hydrogen (secondary N) is 1. The monoisotopic (exact) mass is 409 g/mol. The number of benzene rings is 4. The number of hydrogen-bond donors (Lipinski definition) is 1. The van der Waals surface area contributed by atoms with Gasteiger partial charge in [0, 0.05) is 11.1 Å². The molecule has 0 unspecified atom stereocenters. The Morgan fingerprint density at radius 3 is 1.57 bits per heavy atom. The molecular weight excluding hydrogens is 382 g/mol. The zero-order valence-corrected chi connectivity index (χ0v) is 18.6. The third-order valence-corrected chi connectivity index (χ3v) is 5.80. The van der Waals surface area contributed by atoms with Gasteiger partial charge in [0.15, 0.2) is 0 Å². The molecule has 0 aliphatic carbocycles. The molecule has 0 atom stereocenters. The number of thioether (sulfide) groups is 1. The third-order valence-electron chi connectivity index (χ3n) is 5.36. The Bertz CT molecular complexity index is 1050. The fourth-order valence-electron chi connectivity index (χ4n) is 3.70. The Balaban J connectivity index is 1.99. The number of aryl methyl sites for hydroxylation is 2. The molecule has 0 spiro atoms. The van der Waals surface area contributed by atoms with E-state index in [0.717, 1.165) is 5.88 Å². The minimum atomic E-state index is 0.863. The highest BCUT2D eigenvalue weighted by Crippen LogP contribution is 2.41. The highest BCUT2D eigenvalue weighted by atomic mass is 32.2. The van der Waals surface area contributed by atoms with Crippen molar-refractivity contribution < 1.29 is 0 Å². The van der Waals surface area contributed by atoms with Gasteiger partial charge in [0.2, 0.25) is 0 Å². The van der Waals surface area contributed by atoms with Gasteiger partial charge in [-0.2, -0.15) is 0 Å². The van der Waals surface area contributed by atoms with E-state index in [1.165, 1.54) is 50.2 Å². The van der Waals surface area contributed by atoms with Crippen LogP contribution in [0.2, 0.25) is 0 Å². The average Bonchev–Trinajstić information content (AvgIpc) is 2.79. The molecule has 0 fully saturated rings. The van der Waals surface area contributed by atoms with Crippen LogP contribution < -0.4 is 5.32 Å². The molecule has 0 saturated heterocycles. The molecule has 0 heterocycles. The van der Waals surface area contributed by atoms with Crippen LogP contribution in [0.25, 0.3) is 33.4 Å². The summed E-state index contributed by atoms with van der Waals surface area (Å²) in [5, 5.41) is 3.70. The standard InChI is InChI=1S/C28H27NS/c1-20-9-13-23(14-10-20)26-17-25(22-7-5-4-6-8-22)18-27(28(26)29-19-30-3)24-15-11-21(2)12-16-24/h4-18,29H,19H2,1-3H3. The summed E-state index contributed by atoms with van der Waals surface area (Å²) in [6.45, 7) is 4.27. The van der Waals surface area contributed by atoms with Crippen LogP contribution in [-0.2, 0) is 0 Å². The van der Waals surface area contributed by atoms with E-state index in [0.29, 0.717) is 0 Å². The normalized spacial score (nSPS) is 10.8.